The largest absolute Gasteiger partial charge is 0.444 e. The fraction of sp³-hybridized carbons (Fsp3) is 0.667. The number of carbonyl (C=O) groups excluding carboxylic acids is 1. The van der Waals surface area contributed by atoms with Gasteiger partial charge in [0.15, 0.2) is 16.5 Å². The summed E-state index contributed by atoms with van der Waals surface area (Å²) in [5, 5.41) is 16.6. The molecule has 1 aliphatic heterocycles. The first-order chi connectivity index (χ1) is 12.6. The second-order valence-corrected chi connectivity index (χ2v) is 8.58. The predicted molar refractivity (Wildman–Crippen MR) is 105 cm³/mol. The number of likely N-dealkylation sites (tertiary alicyclic amines) is 1. The Bertz CT molecular complexity index is 821. The molecule has 0 aromatic carbocycles. The van der Waals surface area contributed by atoms with Crippen LogP contribution in [0.25, 0.3) is 11.0 Å². The van der Waals surface area contributed by atoms with Gasteiger partial charge < -0.3 is 15.0 Å². The Morgan fingerprint density at radius 2 is 1.96 bits per heavy atom. The third-order valence-electron chi connectivity index (χ3n) is 4.31. The molecule has 3 heterocycles. The van der Waals surface area contributed by atoms with E-state index in [0.29, 0.717) is 29.6 Å². The number of hydrogen-bond acceptors (Lipinski definition) is 6. The van der Waals surface area contributed by atoms with Gasteiger partial charge in [-0.2, -0.15) is 5.10 Å². The van der Waals surface area contributed by atoms with Crippen LogP contribution in [0.2, 0.25) is 5.15 Å². The summed E-state index contributed by atoms with van der Waals surface area (Å²) >= 11 is 6.07. The third kappa shape index (κ3) is 4.61. The van der Waals surface area contributed by atoms with Gasteiger partial charge in [0.25, 0.3) is 0 Å². The number of piperidine rings is 1. The van der Waals surface area contributed by atoms with E-state index in [9.17, 15) is 4.79 Å². The van der Waals surface area contributed by atoms with Crippen LogP contribution < -0.4 is 5.32 Å². The summed E-state index contributed by atoms with van der Waals surface area (Å²) in [6.45, 7) is 11.0. The molecule has 1 amide bonds. The number of aromatic nitrogens is 4. The van der Waals surface area contributed by atoms with Crippen LogP contribution in [0.5, 0.6) is 0 Å². The summed E-state index contributed by atoms with van der Waals surface area (Å²) in [7, 11) is 0. The van der Waals surface area contributed by atoms with Crippen LogP contribution in [0.1, 0.15) is 53.5 Å². The first kappa shape index (κ1) is 19.7. The summed E-state index contributed by atoms with van der Waals surface area (Å²) < 4.78 is 7.44. The number of fused-ring (bicyclic) bond motifs is 1. The zero-order valence-corrected chi connectivity index (χ0v) is 17.2. The summed E-state index contributed by atoms with van der Waals surface area (Å²) in [4.78, 5) is 14.0. The number of nitrogens with one attached hydrogen (secondary N) is 1. The van der Waals surface area contributed by atoms with E-state index in [0.717, 1.165) is 18.4 Å². The quantitative estimate of drug-likeness (QED) is 0.850. The van der Waals surface area contributed by atoms with Gasteiger partial charge in [-0.1, -0.05) is 11.6 Å². The average molecular weight is 395 g/mol. The summed E-state index contributed by atoms with van der Waals surface area (Å²) in [6.07, 6.45) is 1.32. The predicted octanol–water partition coefficient (Wildman–Crippen LogP) is 3.87. The highest BCUT2D eigenvalue weighted by Crippen LogP contribution is 2.30. The van der Waals surface area contributed by atoms with Gasteiger partial charge in [0.2, 0.25) is 0 Å². The van der Waals surface area contributed by atoms with E-state index in [1.165, 1.54) is 0 Å². The molecule has 0 spiro atoms. The lowest BCUT2D eigenvalue weighted by Gasteiger charge is -2.33. The van der Waals surface area contributed by atoms with Crippen molar-refractivity contribution in [2.75, 3.05) is 18.4 Å². The Morgan fingerprint density at radius 1 is 1.30 bits per heavy atom. The number of hydrogen-bond donors (Lipinski definition) is 1. The highest BCUT2D eigenvalue weighted by molar-refractivity contribution is 6.29. The van der Waals surface area contributed by atoms with Crippen molar-refractivity contribution in [2.45, 2.75) is 65.1 Å². The molecule has 148 valence electrons. The van der Waals surface area contributed by atoms with E-state index in [1.807, 2.05) is 39.3 Å². The smallest absolute Gasteiger partial charge is 0.410 e. The molecule has 0 saturated carbocycles. The zero-order valence-electron chi connectivity index (χ0n) is 16.5. The minimum atomic E-state index is -0.487. The molecule has 27 heavy (non-hydrogen) atoms. The normalized spacial score (nSPS) is 16.2. The Balaban J connectivity index is 1.79. The molecule has 0 aliphatic carbocycles. The van der Waals surface area contributed by atoms with Gasteiger partial charge in [0, 0.05) is 25.2 Å². The van der Waals surface area contributed by atoms with Gasteiger partial charge in [0.1, 0.15) is 5.60 Å². The highest BCUT2D eigenvalue weighted by Gasteiger charge is 2.29. The Labute approximate surface area is 164 Å². The van der Waals surface area contributed by atoms with Crippen molar-refractivity contribution >= 4 is 34.5 Å². The Morgan fingerprint density at radius 3 is 2.56 bits per heavy atom. The molecular weight excluding hydrogens is 368 g/mol. The van der Waals surface area contributed by atoms with Crippen molar-refractivity contribution in [1.29, 1.82) is 0 Å². The van der Waals surface area contributed by atoms with Crippen LogP contribution in [0.3, 0.4) is 0 Å². The lowest BCUT2D eigenvalue weighted by atomic mass is 10.1. The van der Waals surface area contributed by atoms with E-state index >= 15 is 0 Å². The standard InChI is InChI=1S/C18H27ClN6O2/c1-11(2)20-16-15-13(10-14(19)21-22-15)25(23-16)12-6-8-24(9-7-12)17(26)27-18(3,4)5/h10-12H,6-9H2,1-5H3,(H,20,23). The van der Waals surface area contributed by atoms with Crippen molar-refractivity contribution in [3.8, 4) is 0 Å². The fourth-order valence-electron chi connectivity index (χ4n) is 3.18. The van der Waals surface area contributed by atoms with Gasteiger partial charge in [-0.05, 0) is 47.5 Å². The monoisotopic (exact) mass is 394 g/mol. The molecule has 3 rings (SSSR count). The summed E-state index contributed by atoms with van der Waals surface area (Å²) in [5.41, 5.74) is 1.08. The summed E-state index contributed by atoms with van der Waals surface area (Å²) in [5.74, 6) is 0.707. The number of halogens is 1. The van der Waals surface area contributed by atoms with Crippen molar-refractivity contribution in [1.82, 2.24) is 24.9 Å². The van der Waals surface area contributed by atoms with E-state index in [2.05, 4.69) is 15.5 Å². The molecule has 2 aromatic rings. The second-order valence-electron chi connectivity index (χ2n) is 8.19. The molecule has 8 nitrogen and oxygen atoms in total. The highest BCUT2D eigenvalue weighted by atomic mass is 35.5. The number of rotatable bonds is 3. The van der Waals surface area contributed by atoms with Crippen molar-refractivity contribution in [3.05, 3.63) is 11.2 Å². The molecule has 9 heteroatoms. The Kier molecular flexibility index (Phi) is 5.46. The van der Waals surface area contributed by atoms with Crippen molar-refractivity contribution in [2.24, 2.45) is 0 Å². The molecule has 1 saturated heterocycles. The minimum absolute atomic E-state index is 0.161. The number of carbonyl (C=O) groups is 1. The molecule has 1 aliphatic rings. The lowest BCUT2D eigenvalue weighted by Crippen LogP contribution is -2.42. The topological polar surface area (TPSA) is 85.2 Å². The molecule has 0 radical (unpaired) electrons. The van der Waals surface area contributed by atoms with Crippen LogP contribution in [0.15, 0.2) is 6.07 Å². The van der Waals surface area contributed by atoms with Crippen LogP contribution in [-0.4, -0.2) is 55.7 Å². The van der Waals surface area contributed by atoms with E-state index in [4.69, 9.17) is 21.4 Å². The molecular formula is C18H27ClN6O2. The zero-order chi connectivity index (χ0) is 19.8. The molecule has 0 atom stereocenters. The molecule has 1 fully saturated rings. The third-order valence-corrected chi connectivity index (χ3v) is 4.49. The van der Waals surface area contributed by atoms with Gasteiger partial charge in [-0.3, -0.25) is 4.68 Å². The number of ether oxygens (including phenoxy) is 1. The van der Waals surface area contributed by atoms with Gasteiger partial charge >= 0.3 is 6.09 Å². The number of amides is 1. The molecule has 0 bridgehead atoms. The van der Waals surface area contributed by atoms with E-state index in [1.54, 1.807) is 11.0 Å². The SMILES string of the molecule is CC(C)Nc1nn(C2CCN(C(=O)OC(C)(C)C)CC2)c2cc(Cl)nnc12. The summed E-state index contributed by atoms with van der Waals surface area (Å²) in [6, 6.07) is 2.18. The van der Waals surface area contributed by atoms with Gasteiger partial charge in [-0.25, -0.2) is 4.79 Å². The second kappa shape index (κ2) is 7.50. The van der Waals surface area contributed by atoms with Crippen LogP contribution >= 0.6 is 11.6 Å². The van der Waals surface area contributed by atoms with E-state index < -0.39 is 5.60 Å². The van der Waals surface area contributed by atoms with Crippen molar-refractivity contribution in [3.63, 3.8) is 0 Å². The minimum Gasteiger partial charge on any atom is -0.444 e. The average Bonchev–Trinajstić information content (AvgIpc) is 2.90. The van der Waals surface area contributed by atoms with Crippen molar-refractivity contribution < 1.29 is 9.53 Å². The van der Waals surface area contributed by atoms with Crippen LogP contribution in [0.4, 0.5) is 10.6 Å². The van der Waals surface area contributed by atoms with Crippen LogP contribution in [-0.2, 0) is 4.74 Å². The first-order valence-electron chi connectivity index (χ1n) is 9.30. The Hall–Kier alpha value is -2.09. The molecule has 1 N–H and O–H groups in total. The molecule has 2 aromatic heterocycles. The maximum absolute atomic E-state index is 12.3. The van der Waals surface area contributed by atoms with Gasteiger partial charge in [0.05, 0.1) is 11.6 Å². The number of anilines is 1. The maximum atomic E-state index is 12.3. The molecule has 0 unspecified atom stereocenters. The van der Waals surface area contributed by atoms with Gasteiger partial charge in [-0.15, -0.1) is 10.2 Å². The van der Waals surface area contributed by atoms with E-state index in [-0.39, 0.29) is 18.2 Å². The fourth-order valence-corrected chi connectivity index (χ4v) is 3.32. The maximum Gasteiger partial charge on any atom is 0.410 e. The first-order valence-corrected chi connectivity index (χ1v) is 9.68. The number of nitrogens with zero attached hydrogens (tertiary/aromatic N) is 5. The van der Waals surface area contributed by atoms with Crippen LogP contribution in [0, 0.1) is 0 Å². The lowest BCUT2D eigenvalue weighted by molar-refractivity contribution is 0.0186.